The normalized spacial score (nSPS) is 15.0. The lowest BCUT2D eigenvalue weighted by atomic mass is 10.2. The van der Waals surface area contributed by atoms with Gasteiger partial charge in [0.15, 0.2) is 11.5 Å². The molecule has 5 nitrogen and oxygen atoms in total. The van der Waals surface area contributed by atoms with Crippen molar-refractivity contribution in [3.63, 3.8) is 0 Å². The lowest BCUT2D eigenvalue weighted by molar-refractivity contribution is -0.144. The molecule has 1 heterocycles. The molecule has 0 saturated heterocycles. The van der Waals surface area contributed by atoms with Gasteiger partial charge in [0.25, 0.3) is 0 Å². The van der Waals surface area contributed by atoms with Crippen LogP contribution in [0.1, 0.15) is 18.7 Å². The summed E-state index contributed by atoms with van der Waals surface area (Å²) in [6.45, 7) is 0. The van der Waals surface area contributed by atoms with Gasteiger partial charge in [-0.15, -0.1) is 0 Å². The topological polar surface area (TPSA) is 56.3 Å². The van der Waals surface area contributed by atoms with Crippen molar-refractivity contribution in [3.8, 4) is 11.5 Å². The number of hydrogen-bond acceptors (Lipinski definition) is 5. The third-order valence-electron chi connectivity index (χ3n) is 3.38. The van der Waals surface area contributed by atoms with Gasteiger partial charge in [0.1, 0.15) is 11.3 Å². The van der Waals surface area contributed by atoms with Gasteiger partial charge in [-0.1, -0.05) is 0 Å². The number of methoxy groups -OCH3 is 2. The zero-order valence-electron chi connectivity index (χ0n) is 12.0. The highest BCUT2D eigenvalue weighted by Gasteiger charge is 2.36. The fourth-order valence-electron chi connectivity index (χ4n) is 2.17. The second-order valence-corrected chi connectivity index (χ2v) is 5.01. The van der Waals surface area contributed by atoms with Gasteiger partial charge in [0.2, 0.25) is 5.82 Å². The monoisotopic (exact) mass is 313 g/mol. The minimum absolute atomic E-state index is 0.0762. The van der Waals surface area contributed by atoms with Crippen LogP contribution >= 0.6 is 0 Å². The van der Waals surface area contributed by atoms with Crippen LogP contribution in [0.3, 0.4) is 0 Å². The fourth-order valence-corrected chi connectivity index (χ4v) is 2.17. The van der Waals surface area contributed by atoms with Gasteiger partial charge in [0, 0.05) is 11.4 Å². The first-order valence-electron chi connectivity index (χ1n) is 6.70. The molecule has 22 heavy (non-hydrogen) atoms. The minimum atomic E-state index is -4.64. The second kappa shape index (κ2) is 5.19. The summed E-state index contributed by atoms with van der Waals surface area (Å²) in [5.41, 5.74) is 0.0762. The summed E-state index contributed by atoms with van der Waals surface area (Å²) in [6, 6.07) is 3.41. The smallest absolute Gasteiger partial charge is 0.451 e. The molecule has 1 fully saturated rings. The summed E-state index contributed by atoms with van der Waals surface area (Å²) in [5, 5.41) is 3.48. The SMILES string of the molecule is COc1ccc2c(NC3CC3)nc(C(F)(F)F)nc2c1OC. The van der Waals surface area contributed by atoms with Crippen LogP contribution in [-0.2, 0) is 6.18 Å². The maximum absolute atomic E-state index is 13.0. The Balaban J connectivity index is 2.26. The van der Waals surface area contributed by atoms with Crippen LogP contribution in [0.5, 0.6) is 11.5 Å². The average Bonchev–Trinajstić information content (AvgIpc) is 3.28. The van der Waals surface area contributed by atoms with Crippen molar-refractivity contribution >= 4 is 16.7 Å². The van der Waals surface area contributed by atoms with E-state index in [1.54, 1.807) is 12.1 Å². The number of benzene rings is 1. The van der Waals surface area contributed by atoms with Gasteiger partial charge in [-0.05, 0) is 25.0 Å². The summed E-state index contributed by atoms with van der Waals surface area (Å²) in [5.74, 6) is -0.554. The highest BCUT2D eigenvalue weighted by molar-refractivity contribution is 5.95. The van der Waals surface area contributed by atoms with Crippen molar-refractivity contribution in [3.05, 3.63) is 18.0 Å². The van der Waals surface area contributed by atoms with Crippen LogP contribution in [0, 0.1) is 0 Å². The summed E-state index contributed by atoms with van der Waals surface area (Å²) in [6.07, 6.45) is -2.80. The third kappa shape index (κ3) is 2.60. The van der Waals surface area contributed by atoms with Crippen molar-refractivity contribution in [2.24, 2.45) is 0 Å². The van der Waals surface area contributed by atoms with Crippen molar-refractivity contribution in [2.75, 3.05) is 19.5 Å². The number of aromatic nitrogens is 2. The highest BCUT2D eigenvalue weighted by Crippen LogP contribution is 2.39. The van der Waals surface area contributed by atoms with Crippen molar-refractivity contribution in [2.45, 2.75) is 25.1 Å². The largest absolute Gasteiger partial charge is 0.493 e. The van der Waals surface area contributed by atoms with E-state index in [9.17, 15) is 13.2 Å². The Hall–Kier alpha value is -2.25. The molecule has 8 heteroatoms. The van der Waals surface area contributed by atoms with E-state index in [4.69, 9.17) is 9.47 Å². The van der Waals surface area contributed by atoms with Crippen LogP contribution in [0.15, 0.2) is 12.1 Å². The highest BCUT2D eigenvalue weighted by atomic mass is 19.4. The predicted molar refractivity (Wildman–Crippen MR) is 74.3 cm³/mol. The Morgan fingerprint density at radius 2 is 1.86 bits per heavy atom. The summed E-state index contributed by atoms with van der Waals surface area (Å²) >= 11 is 0. The number of alkyl halides is 3. The van der Waals surface area contributed by atoms with Gasteiger partial charge in [0.05, 0.1) is 14.2 Å². The Morgan fingerprint density at radius 3 is 2.41 bits per heavy atom. The van der Waals surface area contributed by atoms with Crippen LogP contribution in [0.25, 0.3) is 10.9 Å². The molecule has 0 spiro atoms. The van der Waals surface area contributed by atoms with Crippen molar-refractivity contribution in [1.29, 1.82) is 0 Å². The van der Waals surface area contributed by atoms with Crippen LogP contribution in [-0.4, -0.2) is 30.2 Å². The lowest BCUT2D eigenvalue weighted by Crippen LogP contribution is -2.14. The number of ether oxygens (including phenoxy) is 2. The van der Waals surface area contributed by atoms with E-state index >= 15 is 0 Å². The zero-order chi connectivity index (χ0) is 15.9. The number of rotatable bonds is 4. The van der Waals surface area contributed by atoms with Crippen molar-refractivity contribution < 1.29 is 22.6 Å². The molecule has 1 saturated carbocycles. The standard InChI is InChI=1S/C14H14F3N3O2/c1-21-9-6-5-8-10(11(9)22-2)19-13(14(15,16)17)20-12(8)18-7-3-4-7/h5-7H,3-4H2,1-2H3,(H,18,19,20). The van der Waals surface area contributed by atoms with Gasteiger partial charge < -0.3 is 14.8 Å². The van der Waals surface area contributed by atoms with Gasteiger partial charge in [-0.3, -0.25) is 0 Å². The van der Waals surface area contributed by atoms with Gasteiger partial charge >= 0.3 is 6.18 Å². The third-order valence-corrected chi connectivity index (χ3v) is 3.38. The summed E-state index contributed by atoms with van der Waals surface area (Å²) < 4.78 is 49.4. The molecule has 2 aromatic rings. The summed E-state index contributed by atoms with van der Waals surface area (Å²) in [4.78, 5) is 7.27. The molecule has 118 valence electrons. The zero-order valence-corrected chi connectivity index (χ0v) is 12.0. The molecule has 0 atom stereocenters. The molecule has 0 aliphatic heterocycles. The first-order chi connectivity index (χ1) is 10.4. The molecule has 0 radical (unpaired) electrons. The predicted octanol–water partition coefficient (Wildman–Crippen LogP) is 3.24. The Morgan fingerprint density at radius 1 is 1.14 bits per heavy atom. The molecule has 1 aliphatic carbocycles. The van der Waals surface area contributed by atoms with E-state index < -0.39 is 12.0 Å². The van der Waals surface area contributed by atoms with Crippen LogP contribution < -0.4 is 14.8 Å². The summed E-state index contributed by atoms with van der Waals surface area (Å²) in [7, 11) is 2.78. The number of nitrogens with one attached hydrogen (secondary N) is 1. The van der Waals surface area contributed by atoms with Gasteiger partial charge in [-0.25, -0.2) is 9.97 Å². The first-order valence-corrected chi connectivity index (χ1v) is 6.70. The maximum Gasteiger partial charge on any atom is 0.451 e. The molecule has 1 aliphatic rings. The van der Waals surface area contributed by atoms with E-state index in [1.807, 2.05) is 0 Å². The number of halogens is 3. The first kappa shape index (κ1) is 14.7. The number of anilines is 1. The Labute approximate surface area is 124 Å². The number of fused-ring (bicyclic) bond motifs is 1. The average molecular weight is 313 g/mol. The number of hydrogen-bond donors (Lipinski definition) is 1. The fraction of sp³-hybridized carbons (Fsp3) is 0.429. The van der Waals surface area contributed by atoms with E-state index in [1.165, 1.54) is 14.2 Å². The molecule has 0 amide bonds. The van der Waals surface area contributed by atoms with E-state index in [0.717, 1.165) is 12.8 Å². The van der Waals surface area contributed by atoms with Gasteiger partial charge in [-0.2, -0.15) is 13.2 Å². The Kier molecular flexibility index (Phi) is 3.46. The number of nitrogens with zero attached hydrogens (tertiary/aromatic N) is 2. The van der Waals surface area contributed by atoms with E-state index in [-0.39, 0.29) is 23.1 Å². The minimum Gasteiger partial charge on any atom is -0.493 e. The second-order valence-electron chi connectivity index (χ2n) is 5.01. The van der Waals surface area contributed by atoms with Crippen LogP contribution in [0.4, 0.5) is 19.0 Å². The molecule has 3 rings (SSSR count). The maximum atomic E-state index is 13.0. The molecule has 1 aromatic carbocycles. The van der Waals surface area contributed by atoms with E-state index in [0.29, 0.717) is 11.1 Å². The molecular formula is C14H14F3N3O2. The molecular weight excluding hydrogens is 299 g/mol. The quantitative estimate of drug-likeness (QED) is 0.939. The van der Waals surface area contributed by atoms with Crippen molar-refractivity contribution in [1.82, 2.24) is 9.97 Å². The Bertz CT molecular complexity index is 715. The molecule has 1 N–H and O–H groups in total. The molecule has 1 aromatic heterocycles. The van der Waals surface area contributed by atoms with Crippen LogP contribution in [0.2, 0.25) is 0 Å². The van der Waals surface area contributed by atoms with E-state index in [2.05, 4.69) is 15.3 Å². The lowest BCUT2D eigenvalue weighted by Gasteiger charge is -2.15. The molecule has 0 bridgehead atoms. The molecule has 0 unspecified atom stereocenters.